The van der Waals surface area contributed by atoms with E-state index in [2.05, 4.69) is 31.4 Å². The van der Waals surface area contributed by atoms with Crippen LogP contribution >= 0.6 is 12.4 Å². The van der Waals surface area contributed by atoms with Crippen LogP contribution in [0.3, 0.4) is 0 Å². The van der Waals surface area contributed by atoms with E-state index in [-0.39, 0.29) is 35.7 Å². The zero-order valence-corrected chi connectivity index (χ0v) is 18.5. The van der Waals surface area contributed by atoms with E-state index in [1.807, 2.05) is 12.1 Å². The minimum absolute atomic E-state index is 0. The molecule has 8 heteroatoms. The van der Waals surface area contributed by atoms with Crippen molar-refractivity contribution in [2.24, 2.45) is 5.92 Å². The fourth-order valence-electron chi connectivity index (χ4n) is 3.73. The Labute approximate surface area is 174 Å². The highest BCUT2D eigenvalue weighted by atomic mass is 35.5. The minimum atomic E-state index is -3.50. The number of amides is 1. The molecule has 0 radical (unpaired) electrons. The summed E-state index contributed by atoms with van der Waals surface area (Å²) in [5, 5.41) is 6.32. The van der Waals surface area contributed by atoms with Gasteiger partial charge in [0.1, 0.15) is 0 Å². The van der Waals surface area contributed by atoms with Gasteiger partial charge in [-0.05, 0) is 48.9 Å². The number of rotatable bonds is 4. The third-order valence-electron chi connectivity index (χ3n) is 5.59. The Hall–Kier alpha value is -1.15. The van der Waals surface area contributed by atoms with Crippen LogP contribution in [0.5, 0.6) is 0 Å². The van der Waals surface area contributed by atoms with Gasteiger partial charge in [-0.3, -0.25) is 4.79 Å². The van der Waals surface area contributed by atoms with Gasteiger partial charge in [0.15, 0.2) is 0 Å². The van der Waals surface area contributed by atoms with Gasteiger partial charge < -0.3 is 10.6 Å². The summed E-state index contributed by atoms with van der Waals surface area (Å²) in [5.74, 6) is -0.0319. The number of nitrogens with zero attached hydrogens (tertiary/aromatic N) is 1. The molecule has 2 fully saturated rings. The highest BCUT2D eigenvalue weighted by Crippen LogP contribution is 2.27. The number of hydrogen-bond donors (Lipinski definition) is 2. The number of piperidine rings is 1. The van der Waals surface area contributed by atoms with E-state index >= 15 is 0 Å². The Morgan fingerprint density at radius 2 is 1.71 bits per heavy atom. The molecule has 1 aromatic carbocycles. The minimum Gasteiger partial charge on any atom is -0.352 e. The fraction of sp³-hybridized carbons (Fsp3) is 0.650. The van der Waals surface area contributed by atoms with Gasteiger partial charge in [-0.2, -0.15) is 4.31 Å². The quantitative estimate of drug-likeness (QED) is 0.769. The smallest absolute Gasteiger partial charge is 0.243 e. The Morgan fingerprint density at radius 3 is 2.21 bits per heavy atom. The molecular formula is C20H32ClN3O3S. The third-order valence-corrected chi connectivity index (χ3v) is 7.50. The predicted octanol–water partition coefficient (Wildman–Crippen LogP) is 2.28. The average molecular weight is 430 g/mol. The maximum absolute atomic E-state index is 12.9. The lowest BCUT2D eigenvalue weighted by Crippen LogP contribution is -2.45. The van der Waals surface area contributed by atoms with E-state index in [0.29, 0.717) is 30.8 Å². The number of nitrogens with one attached hydrogen (secondary N) is 2. The summed E-state index contributed by atoms with van der Waals surface area (Å²) in [4.78, 5) is 12.7. The maximum atomic E-state index is 12.9. The number of sulfonamides is 1. The van der Waals surface area contributed by atoms with Crippen LogP contribution in [0.1, 0.15) is 45.6 Å². The lowest BCUT2D eigenvalue weighted by atomic mass is 9.87. The Kier molecular flexibility index (Phi) is 7.53. The van der Waals surface area contributed by atoms with Crippen molar-refractivity contribution >= 4 is 28.3 Å². The first-order valence-corrected chi connectivity index (χ1v) is 11.2. The second-order valence-corrected chi connectivity index (χ2v) is 10.6. The van der Waals surface area contributed by atoms with Crippen LogP contribution in [-0.2, 0) is 20.2 Å². The molecule has 0 saturated carbocycles. The zero-order chi connectivity index (χ0) is 19.7. The first-order valence-electron chi connectivity index (χ1n) is 9.80. The fourth-order valence-corrected chi connectivity index (χ4v) is 5.20. The van der Waals surface area contributed by atoms with Gasteiger partial charge in [-0.25, -0.2) is 8.42 Å². The Balaban J connectivity index is 0.00000280. The topological polar surface area (TPSA) is 78.5 Å². The van der Waals surface area contributed by atoms with Crippen molar-refractivity contribution in [1.29, 1.82) is 0 Å². The molecule has 158 valence electrons. The molecule has 2 heterocycles. The van der Waals surface area contributed by atoms with Crippen molar-refractivity contribution < 1.29 is 13.2 Å². The van der Waals surface area contributed by atoms with Gasteiger partial charge in [-0.1, -0.05) is 32.9 Å². The molecule has 1 unspecified atom stereocenters. The predicted molar refractivity (Wildman–Crippen MR) is 113 cm³/mol. The monoisotopic (exact) mass is 429 g/mol. The molecule has 28 heavy (non-hydrogen) atoms. The van der Waals surface area contributed by atoms with Crippen molar-refractivity contribution in [3.05, 3.63) is 29.8 Å². The number of benzene rings is 1. The number of carbonyl (C=O) groups is 1. The number of carbonyl (C=O) groups excluding carboxylic acids is 1. The molecular weight excluding hydrogens is 398 g/mol. The molecule has 2 saturated heterocycles. The molecule has 1 atom stereocenters. The van der Waals surface area contributed by atoms with E-state index < -0.39 is 10.0 Å². The first-order chi connectivity index (χ1) is 12.7. The summed E-state index contributed by atoms with van der Waals surface area (Å²) in [5.41, 5.74) is 1.10. The number of halogens is 1. The van der Waals surface area contributed by atoms with Crippen LogP contribution in [0.2, 0.25) is 0 Å². The Bertz CT molecular complexity index is 761. The second kappa shape index (κ2) is 9.11. The van der Waals surface area contributed by atoms with Crippen molar-refractivity contribution in [2.45, 2.75) is 56.4 Å². The van der Waals surface area contributed by atoms with Crippen molar-refractivity contribution in [1.82, 2.24) is 14.9 Å². The van der Waals surface area contributed by atoms with E-state index in [4.69, 9.17) is 0 Å². The molecule has 0 aliphatic carbocycles. The van der Waals surface area contributed by atoms with E-state index in [0.717, 1.165) is 25.1 Å². The number of hydrogen-bond acceptors (Lipinski definition) is 4. The van der Waals surface area contributed by atoms with Crippen LogP contribution in [0.25, 0.3) is 0 Å². The lowest BCUT2D eigenvalue weighted by Gasteiger charge is -2.31. The lowest BCUT2D eigenvalue weighted by molar-refractivity contribution is -0.126. The van der Waals surface area contributed by atoms with E-state index in [9.17, 15) is 13.2 Å². The van der Waals surface area contributed by atoms with Crippen LogP contribution in [0.15, 0.2) is 29.2 Å². The zero-order valence-electron chi connectivity index (χ0n) is 16.9. The highest BCUT2D eigenvalue weighted by molar-refractivity contribution is 7.89. The van der Waals surface area contributed by atoms with Gasteiger partial charge in [0.25, 0.3) is 0 Å². The average Bonchev–Trinajstić information content (AvgIpc) is 3.14. The van der Waals surface area contributed by atoms with Gasteiger partial charge in [0, 0.05) is 31.6 Å². The largest absolute Gasteiger partial charge is 0.352 e. The summed E-state index contributed by atoms with van der Waals surface area (Å²) in [6.45, 7) is 8.86. The summed E-state index contributed by atoms with van der Waals surface area (Å²) < 4.78 is 27.4. The van der Waals surface area contributed by atoms with Crippen LogP contribution < -0.4 is 10.6 Å². The summed E-state index contributed by atoms with van der Waals surface area (Å²) in [7, 11) is -3.50. The first kappa shape index (κ1) is 23.1. The summed E-state index contributed by atoms with van der Waals surface area (Å²) in [6, 6.07) is 7.38. The molecule has 0 spiro atoms. The second-order valence-electron chi connectivity index (χ2n) is 8.65. The molecule has 6 nitrogen and oxygen atoms in total. The van der Waals surface area contributed by atoms with Crippen LogP contribution in [-0.4, -0.2) is 50.9 Å². The van der Waals surface area contributed by atoms with Gasteiger partial charge in [0.2, 0.25) is 15.9 Å². The Morgan fingerprint density at radius 1 is 1.11 bits per heavy atom. The molecule has 1 amide bonds. The van der Waals surface area contributed by atoms with E-state index in [1.54, 1.807) is 12.1 Å². The maximum Gasteiger partial charge on any atom is 0.243 e. The highest BCUT2D eigenvalue weighted by Gasteiger charge is 2.33. The van der Waals surface area contributed by atoms with Gasteiger partial charge in [-0.15, -0.1) is 12.4 Å². The van der Waals surface area contributed by atoms with Crippen LogP contribution in [0.4, 0.5) is 0 Å². The molecule has 1 aromatic rings. The molecule has 2 N–H and O–H groups in total. The molecule has 0 bridgehead atoms. The summed E-state index contributed by atoms with van der Waals surface area (Å²) in [6.07, 6.45) is 2.11. The molecule has 3 rings (SSSR count). The normalized spacial score (nSPS) is 21.9. The SMILES string of the molecule is CC(C)(C)c1ccc(S(=O)(=O)N2CCC(C(=O)NC3CCNC3)CC2)cc1.Cl. The van der Waals surface area contributed by atoms with Crippen molar-refractivity contribution in [2.75, 3.05) is 26.2 Å². The van der Waals surface area contributed by atoms with Crippen LogP contribution in [0, 0.1) is 5.92 Å². The van der Waals surface area contributed by atoms with Gasteiger partial charge >= 0.3 is 0 Å². The van der Waals surface area contributed by atoms with Crippen molar-refractivity contribution in [3.63, 3.8) is 0 Å². The molecule has 2 aliphatic rings. The standard InChI is InChI=1S/C20H31N3O3S.ClH/c1-20(2,3)16-4-6-18(7-5-16)27(25,26)23-12-9-15(10-13-23)19(24)22-17-8-11-21-14-17;/h4-7,15,17,21H,8-14H2,1-3H3,(H,22,24);1H. The van der Waals surface area contributed by atoms with Gasteiger partial charge in [0.05, 0.1) is 4.90 Å². The van der Waals surface area contributed by atoms with Crippen molar-refractivity contribution in [3.8, 4) is 0 Å². The van der Waals surface area contributed by atoms with E-state index in [1.165, 1.54) is 4.31 Å². The molecule has 2 aliphatic heterocycles. The summed E-state index contributed by atoms with van der Waals surface area (Å²) >= 11 is 0. The molecule has 0 aromatic heterocycles. The third kappa shape index (κ3) is 5.26.